The Morgan fingerprint density at radius 2 is 2.11 bits per heavy atom. The lowest BCUT2D eigenvalue weighted by Crippen LogP contribution is -2.59. The van der Waals surface area contributed by atoms with Crippen molar-refractivity contribution in [3.05, 3.63) is 0 Å². The lowest BCUT2D eigenvalue weighted by atomic mass is 10.1. The topological polar surface area (TPSA) is 79.0 Å². The highest BCUT2D eigenvalue weighted by Crippen LogP contribution is 2.15. The fourth-order valence-corrected chi connectivity index (χ4v) is 1.97. The smallest absolute Gasteiger partial charge is 0.410 e. The number of piperazine rings is 1. The van der Waals surface area contributed by atoms with E-state index in [-0.39, 0.29) is 18.7 Å². The van der Waals surface area contributed by atoms with Crippen LogP contribution in [0, 0.1) is 0 Å². The first-order valence-corrected chi connectivity index (χ1v) is 6.31. The molecule has 1 aliphatic rings. The Morgan fingerprint density at radius 3 is 2.61 bits per heavy atom. The molecule has 1 rings (SSSR count). The summed E-state index contributed by atoms with van der Waals surface area (Å²) in [7, 11) is 1.93. The SMILES string of the molecule is CN1CCN(C(=O)OC(C)(C)C)CC1C(O)CN. The molecule has 1 fully saturated rings. The third-order valence-corrected chi connectivity index (χ3v) is 3.03. The van der Waals surface area contributed by atoms with Crippen molar-refractivity contribution in [1.29, 1.82) is 0 Å². The second-order valence-corrected chi connectivity index (χ2v) is 5.78. The summed E-state index contributed by atoms with van der Waals surface area (Å²) >= 11 is 0. The molecule has 18 heavy (non-hydrogen) atoms. The second kappa shape index (κ2) is 5.86. The van der Waals surface area contributed by atoms with E-state index in [9.17, 15) is 9.90 Å². The van der Waals surface area contributed by atoms with Crippen molar-refractivity contribution in [2.24, 2.45) is 5.73 Å². The van der Waals surface area contributed by atoms with Crippen LogP contribution in [0.5, 0.6) is 0 Å². The number of carbonyl (C=O) groups is 1. The van der Waals surface area contributed by atoms with Crippen LogP contribution >= 0.6 is 0 Å². The molecule has 0 bridgehead atoms. The number of hydrogen-bond donors (Lipinski definition) is 2. The molecule has 1 heterocycles. The number of aliphatic hydroxyl groups excluding tert-OH is 1. The first-order chi connectivity index (χ1) is 8.24. The maximum absolute atomic E-state index is 11.9. The van der Waals surface area contributed by atoms with Crippen molar-refractivity contribution in [3.8, 4) is 0 Å². The van der Waals surface area contributed by atoms with E-state index in [1.54, 1.807) is 4.90 Å². The monoisotopic (exact) mass is 259 g/mol. The number of rotatable bonds is 2. The predicted molar refractivity (Wildman–Crippen MR) is 69.3 cm³/mol. The maximum atomic E-state index is 11.9. The van der Waals surface area contributed by atoms with Gasteiger partial charge in [0.25, 0.3) is 0 Å². The zero-order valence-electron chi connectivity index (χ0n) is 11.7. The molecule has 106 valence electrons. The minimum Gasteiger partial charge on any atom is -0.444 e. The normalized spacial score (nSPS) is 23.9. The van der Waals surface area contributed by atoms with E-state index in [4.69, 9.17) is 10.5 Å². The highest BCUT2D eigenvalue weighted by molar-refractivity contribution is 5.68. The van der Waals surface area contributed by atoms with Crippen LogP contribution < -0.4 is 5.73 Å². The van der Waals surface area contributed by atoms with Crippen LogP contribution in [0.3, 0.4) is 0 Å². The molecular formula is C12H25N3O3. The van der Waals surface area contributed by atoms with Gasteiger partial charge in [0.05, 0.1) is 12.1 Å². The molecule has 1 amide bonds. The fraction of sp³-hybridized carbons (Fsp3) is 0.917. The van der Waals surface area contributed by atoms with E-state index in [1.165, 1.54) is 0 Å². The molecule has 1 saturated heterocycles. The van der Waals surface area contributed by atoms with Gasteiger partial charge in [-0.1, -0.05) is 0 Å². The predicted octanol–water partition coefficient (Wildman–Crippen LogP) is -0.143. The van der Waals surface area contributed by atoms with E-state index in [0.717, 1.165) is 0 Å². The van der Waals surface area contributed by atoms with Crippen LogP contribution in [-0.4, -0.2) is 72.0 Å². The molecule has 0 saturated carbocycles. The number of hydrogen-bond acceptors (Lipinski definition) is 5. The Hall–Kier alpha value is -0.850. The molecule has 2 unspecified atom stereocenters. The van der Waals surface area contributed by atoms with E-state index >= 15 is 0 Å². The molecule has 0 aliphatic carbocycles. The minimum absolute atomic E-state index is 0.128. The van der Waals surface area contributed by atoms with Gasteiger partial charge in [-0.25, -0.2) is 4.79 Å². The molecular weight excluding hydrogens is 234 g/mol. The Balaban J connectivity index is 2.61. The van der Waals surface area contributed by atoms with E-state index in [1.807, 2.05) is 32.7 Å². The van der Waals surface area contributed by atoms with Crippen LogP contribution in [0.15, 0.2) is 0 Å². The van der Waals surface area contributed by atoms with Gasteiger partial charge in [-0.05, 0) is 27.8 Å². The lowest BCUT2D eigenvalue weighted by molar-refractivity contribution is -0.0145. The Kier molecular flexibility index (Phi) is 4.95. The largest absolute Gasteiger partial charge is 0.444 e. The quantitative estimate of drug-likeness (QED) is 0.721. The van der Waals surface area contributed by atoms with Crippen LogP contribution in [0.4, 0.5) is 4.79 Å². The van der Waals surface area contributed by atoms with Crippen molar-refractivity contribution in [2.45, 2.75) is 38.5 Å². The van der Waals surface area contributed by atoms with Crippen LogP contribution in [0.1, 0.15) is 20.8 Å². The first kappa shape index (κ1) is 15.2. The summed E-state index contributed by atoms with van der Waals surface area (Å²) in [5.41, 5.74) is 4.98. The zero-order valence-corrected chi connectivity index (χ0v) is 11.7. The van der Waals surface area contributed by atoms with Gasteiger partial charge in [0, 0.05) is 26.2 Å². The fourth-order valence-electron chi connectivity index (χ4n) is 1.97. The number of carbonyl (C=O) groups excluding carboxylic acids is 1. The molecule has 6 nitrogen and oxygen atoms in total. The van der Waals surface area contributed by atoms with Crippen LogP contribution in [0.2, 0.25) is 0 Å². The molecule has 0 aromatic carbocycles. The highest BCUT2D eigenvalue weighted by atomic mass is 16.6. The summed E-state index contributed by atoms with van der Waals surface area (Å²) in [5.74, 6) is 0. The maximum Gasteiger partial charge on any atom is 0.410 e. The van der Waals surface area contributed by atoms with Crippen LogP contribution in [-0.2, 0) is 4.74 Å². The summed E-state index contributed by atoms with van der Waals surface area (Å²) in [6.07, 6.45) is -0.954. The molecule has 0 spiro atoms. The zero-order chi connectivity index (χ0) is 13.9. The lowest BCUT2D eigenvalue weighted by Gasteiger charge is -2.41. The van der Waals surface area contributed by atoms with E-state index in [0.29, 0.717) is 19.6 Å². The van der Waals surface area contributed by atoms with Crippen molar-refractivity contribution >= 4 is 6.09 Å². The van der Waals surface area contributed by atoms with E-state index < -0.39 is 11.7 Å². The summed E-state index contributed by atoms with van der Waals surface area (Å²) < 4.78 is 5.33. The number of aliphatic hydroxyl groups is 1. The molecule has 3 N–H and O–H groups in total. The van der Waals surface area contributed by atoms with E-state index in [2.05, 4.69) is 0 Å². The van der Waals surface area contributed by atoms with Crippen molar-refractivity contribution < 1.29 is 14.6 Å². The number of nitrogens with two attached hydrogens (primary N) is 1. The van der Waals surface area contributed by atoms with Gasteiger partial charge in [-0.2, -0.15) is 0 Å². The van der Waals surface area contributed by atoms with Gasteiger partial charge in [-0.3, -0.25) is 4.90 Å². The highest BCUT2D eigenvalue weighted by Gasteiger charge is 2.33. The van der Waals surface area contributed by atoms with Gasteiger partial charge in [0.15, 0.2) is 0 Å². The molecule has 6 heteroatoms. The summed E-state index contributed by atoms with van der Waals surface area (Å²) in [6.45, 7) is 7.48. The average Bonchev–Trinajstić information content (AvgIpc) is 2.26. The average molecular weight is 259 g/mol. The van der Waals surface area contributed by atoms with Gasteiger partial charge in [-0.15, -0.1) is 0 Å². The third-order valence-electron chi connectivity index (χ3n) is 3.03. The number of ether oxygens (including phenoxy) is 1. The van der Waals surface area contributed by atoms with Gasteiger partial charge < -0.3 is 20.5 Å². The minimum atomic E-state index is -0.625. The first-order valence-electron chi connectivity index (χ1n) is 6.31. The molecule has 0 radical (unpaired) electrons. The van der Waals surface area contributed by atoms with Gasteiger partial charge >= 0.3 is 6.09 Å². The van der Waals surface area contributed by atoms with Crippen molar-refractivity contribution in [3.63, 3.8) is 0 Å². The molecule has 0 aromatic heterocycles. The Bertz CT molecular complexity index is 287. The Labute approximate surface area is 109 Å². The summed E-state index contributed by atoms with van der Waals surface area (Å²) in [6, 6.07) is -0.128. The summed E-state index contributed by atoms with van der Waals surface area (Å²) in [5, 5.41) is 9.84. The summed E-state index contributed by atoms with van der Waals surface area (Å²) in [4.78, 5) is 15.6. The number of nitrogens with zero attached hydrogens (tertiary/aromatic N) is 2. The molecule has 1 aliphatic heterocycles. The van der Waals surface area contributed by atoms with Gasteiger partial charge in [0.1, 0.15) is 5.60 Å². The molecule has 0 aromatic rings. The standard InChI is InChI=1S/C12H25N3O3/c1-12(2,3)18-11(17)15-6-5-14(4)9(8-15)10(16)7-13/h9-10,16H,5-8,13H2,1-4H3. The third kappa shape index (κ3) is 4.12. The van der Waals surface area contributed by atoms with Crippen molar-refractivity contribution in [1.82, 2.24) is 9.80 Å². The molecule has 2 atom stereocenters. The Morgan fingerprint density at radius 1 is 1.50 bits per heavy atom. The number of amides is 1. The second-order valence-electron chi connectivity index (χ2n) is 5.78. The van der Waals surface area contributed by atoms with Gasteiger partial charge in [0.2, 0.25) is 0 Å². The number of likely N-dealkylation sites (N-methyl/N-ethyl adjacent to an activating group) is 1. The van der Waals surface area contributed by atoms with Crippen LogP contribution in [0.25, 0.3) is 0 Å². The van der Waals surface area contributed by atoms with Crippen molar-refractivity contribution in [2.75, 3.05) is 33.2 Å².